The Morgan fingerprint density at radius 1 is 1.05 bits per heavy atom. The Balaban J connectivity index is 0.00000133. The molecule has 4 nitrogen and oxygen atoms in total. The minimum absolute atomic E-state index is 0. The number of hydrogen-bond acceptors (Lipinski definition) is 3. The third kappa shape index (κ3) is 2.30. The van der Waals surface area contributed by atoms with E-state index in [1.165, 1.54) is 0 Å². The molecule has 5 heteroatoms. The molecule has 0 amide bonds. The van der Waals surface area contributed by atoms with Gasteiger partial charge in [0.05, 0.1) is 0 Å². The molecule has 0 unspecified atom stereocenters. The molecular weight excluding hydrogens is 262 g/mol. The molecule has 0 radical (unpaired) electrons. The summed E-state index contributed by atoms with van der Waals surface area (Å²) in [4.78, 5) is 18.9. The number of anilines is 1. The van der Waals surface area contributed by atoms with Gasteiger partial charge in [-0.05, 0) is 24.3 Å². The highest BCUT2D eigenvalue weighted by Gasteiger charge is 2.08. The number of nitrogens with zero attached hydrogens (tertiary/aromatic N) is 1. The van der Waals surface area contributed by atoms with E-state index in [1.807, 2.05) is 36.4 Å². The van der Waals surface area contributed by atoms with Gasteiger partial charge in [-0.25, -0.2) is 4.98 Å². The number of aromatic amines is 1. The number of benzene rings is 1. The largest absolute Gasteiger partial charge is 0.398 e. The second-order valence-corrected chi connectivity index (χ2v) is 4.04. The number of H-pyrrole nitrogens is 1. The smallest absolute Gasteiger partial charge is 0.257 e. The molecule has 0 fully saturated rings. The number of halogens is 1. The lowest BCUT2D eigenvalue weighted by atomic mass is 10.0. The second kappa shape index (κ2) is 5.12. The van der Waals surface area contributed by atoms with Crippen LogP contribution in [-0.4, -0.2) is 9.97 Å². The Morgan fingerprint density at radius 2 is 1.84 bits per heavy atom. The minimum atomic E-state index is -0.181. The summed E-state index contributed by atoms with van der Waals surface area (Å²) in [6, 6.07) is 12.9. The number of nitrogens with two attached hydrogens (primary N) is 1. The SMILES string of the molecule is Cl.Nc1ccccc1-c1cc2cccnc2[nH]c1=O. The van der Waals surface area contributed by atoms with Gasteiger partial charge in [-0.2, -0.15) is 0 Å². The maximum Gasteiger partial charge on any atom is 0.257 e. The first-order chi connectivity index (χ1) is 8.75. The number of aromatic nitrogens is 2. The topological polar surface area (TPSA) is 71.8 Å². The van der Waals surface area contributed by atoms with Crippen molar-refractivity contribution in [2.24, 2.45) is 0 Å². The van der Waals surface area contributed by atoms with Crippen molar-refractivity contribution in [3.05, 3.63) is 59.0 Å². The monoisotopic (exact) mass is 273 g/mol. The van der Waals surface area contributed by atoms with E-state index in [2.05, 4.69) is 9.97 Å². The third-order valence-corrected chi connectivity index (χ3v) is 2.87. The van der Waals surface area contributed by atoms with E-state index in [9.17, 15) is 4.79 Å². The molecule has 0 aliphatic carbocycles. The number of hydrogen-bond donors (Lipinski definition) is 2. The standard InChI is InChI=1S/C14H11N3O.ClH/c15-12-6-2-1-5-10(12)11-8-9-4-3-7-16-13(9)17-14(11)18;/h1-8H,15H2,(H,16,17,18);1H. The zero-order chi connectivity index (χ0) is 12.5. The zero-order valence-electron chi connectivity index (χ0n) is 9.96. The highest BCUT2D eigenvalue weighted by molar-refractivity contribution is 5.85. The Kier molecular flexibility index (Phi) is 3.53. The molecule has 0 atom stereocenters. The van der Waals surface area contributed by atoms with Crippen LogP contribution < -0.4 is 11.3 Å². The molecule has 0 saturated carbocycles. The quantitative estimate of drug-likeness (QED) is 0.670. The molecule has 1 aromatic carbocycles. The van der Waals surface area contributed by atoms with Gasteiger partial charge >= 0.3 is 0 Å². The Hall–Kier alpha value is -2.33. The summed E-state index contributed by atoms with van der Waals surface area (Å²) in [6.07, 6.45) is 1.65. The van der Waals surface area contributed by atoms with Crippen LogP contribution in [0.25, 0.3) is 22.2 Å². The maximum atomic E-state index is 12.0. The molecule has 0 bridgehead atoms. The van der Waals surface area contributed by atoms with E-state index in [0.29, 0.717) is 16.9 Å². The lowest BCUT2D eigenvalue weighted by molar-refractivity contribution is 1.23. The number of fused-ring (bicyclic) bond motifs is 1. The van der Waals surface area contributed by atoms with Crippen molar-refractivity contribution in [1.82, 2.24) is 9.97 Å². The first kappa shape index (κ1) is 13.1. The third-order valence-electron chi connectivity index (χ3n) is 2.87. The highest BCUT2D eigenvalue weighted by atomic mass is 35.5. The average Bonchev–Trinajstić information content (AvgIpc) is 2.39. The predicted octanol–water partition coefficient (Wildman–Crippen LogP) is 2.59. The molecule has 3 aromatic rings. The summed E-state index contributed by atoms with van der Waals surface area (Å²) in [6.45, 7) is 0. The van der Waals surface area contributed by atoms with Crippen LogP contribution in [0.2, 0.25) is 0 Å². The summed E-state index contributed by atoms with van der Waals surface area (Å²) < 4.78 is 0. The van der Waals surface area contributed by atoms with Crippen molar-refractivity contribution in [2.75, 3.05) is 5.73 Å². The molecule has 19 heavy (non-hydrogen) atoms. The molecule has 3 N–H and O–H groups in total. The van der Waals surface area contributed by atoms with Gasteiger partial charge in [0, 0.05) is 28.4 Å². The normalized spacial score (nSPS) is 10.1. The van der Waals surface area contributed by atoms with Crippen LogP contribution in [0, 0.1) is 0 Å². The van der Waals surface area contributed by atoms with E-state index in [4.69, 9.17) is 5.73 Å². The number of nitrogen functional groups attached to an aromatic ring is 1. The molecule has 2 heterocycles. The van der Waals surface area contributed by atoms with Crippen molar-refractivity contribution in [3.63, 3.8) is 0 Å². The molecule has 0 aliphatic heterocycles. The number of para-hydroxylation sites is 1. The zero-order valence-corrected chi connectivity index (χ0v) is 10.8. The Bertz CT molecular complexity index is 783. The van der Waals surface area contributed by atoms with E-state index in [0.717, 1.165) is 10.9 Å². The van der Waals surface area contributed by atoms with Gasteiger partial charge in [0.1, 0.15) is 5.65 Å². The Labute approximate surface area is 115 Å². The van der Waals surface area contributed by atoms with Crippen LogP contribution >= 0.6 is 12.4 Å². The van der Waals surface area contributed by atoms with Crippen molar-refractivity contribution in [2.45, 2.75) is 0 Å². The van der Waals surface area contributed by atoms with Crippen molar-refractivity contribution < 1.29 is 0 Å². The summed E-state index contributed by atoms with van der Waals surface area (Å²) >= 11 is 0. The maximum absolute atomic E-state index is 12.0. The lowest BCUT2D eigenvalue weighted by Gasteiger charge is -2.05. The van der Waals surface area contributed by atoms with Gasteiger partial charge < -0.3 is 10.7 Å². The van der Waals surface area contributed by atoms with E-state index >= 15 is 0 Å². The number of rotatable bonds is 1. The molecule has 2 aromatic heterocycles. The van der Waals surface area contributed by atoms with E-state index in [-0.39, 0.29) is 18.0 Å². The average molecular weight is 274 g/mol. The highest BCUT2D eigenvalue weighted by Crippen LogP contribution is 2.23. The Morgan fingerprint density at radius 3 is 2.63 bits per heavy atom. The lowest BCUT2D eigenvalue weighted by Crippen LogP contribution is -2.10. The fourth-order valence-corrected chi connectivity index (χ4v) is 1.98. The van der Waals surface area contributed by atoms with Crippen LogP contribution in [0.1, 0.15) is 0 Å². The van der Waals surface area contributed by atoms with Gasteiger partial charge in [0.2, 0.25) is 0 Å². The molecular formula is C14H12ClN3O. The molecule has 3 rings (SSSR count). The van der Waals surface area contributed by atoms with Crippen LogP contribution in [0.15, 0.2) is 53.5 Å². The van der Waals surface area contributed by atoms with Crippen LogP contribution in [-0.2, 0) is 0 Å². The van der Waals surface area contributed by atoms with Gasteiger partial charge in [-0.1, -0.05) is 18.2 Å². The van der Waals surface area contributed by atoms with E-state index < -0.39 is 0 Å². The predicted molar refractivity (Wildman–Crippen MR) is 79.5 cm³/mol. The van der Waals surface area contributed by atoms with Crippen LogP contribution in [0.3, 0.4) is 0 Å². The minimum Gasteiger partial charge on any atom is -0.398 e. The van der Waals surface area contributed by atoms with Gasteiger partial charge in [0.15, 0.2) is 0 Å². The van der Waals surface area contributed by atoms with Crippen molar-refractivity contribution in [3.8, 4) is 11.1 Å². The fraction of sp³-hybridized carbons (Fsp3) is 0. The number of pyridine rings is 2. The summed E-state index contributed by atoms with van der Waals surface area (Å²) in [7, 11) is 0. The summed E-state index contributed by atoms with van der Waals surface area (Å²) in [5, 5.41) is 0.885. The first-order valence-corrected chi connectivity index (χ1v) is 5.58. The van der Waals surface area contributed by atoms with Crippen LogP contribution in [0.5, 0.6) is 0 Å². The summed E-state index contributed by atoms with van der Waals surface area (Å²) in [5.41, 5.74) is 8.19. The fourth-order valence-electron chi connectivity index (χ4n) is 1.98. The van der Waals surface area contributed by atoms with Gasteiger partial charge in [0.25, 0.3) is 5.56 Å². The molecule has 0 saturated heterocycles. The number of nitrogens with one attached hydrogen (secondary N) is 1. The van der Waals surface area contributed by atoms with Crippen molar-refractivity contribution >= 4 is 29.1 Å². The molecule has 0 aliphatic rings. The van der Waals surface area contributed by atoms with Crippen molar-refractivity contribution in [1.29, 1.82) is 0 Å². The first-order valence-electron chi connectivity index (χ1n) is 5.58. The van der Waals surface area contributed by atoms with Gasteiger partial charge in [-0.3, -0.25) is 4.79 Å². The second-order valence-electron chi connectivity index (χ2n) is 4.04. The molecule has 0 spiro atoms. The summed E-state index contributed by atoms with van der Waals surface area (Å²) in [5.74, 6) is 0. The van der Waals surface area contributed by atoms with Gasteiger partial charge in [-0.15, -0.1) is 12.4 Å². The molecule has 96 valence electrons. The van der Waals surface area contributed by atoms with E-state index in [1.54, 1.807) is 12.3 Å². The van der Waals surface area contributed by atoms with Crippen LogP contribution in [0.4, 0.5) is 5.69 Å².